The Morgan fingerprint density at radius 1 is 1.41 bits per heavy atom. The van der Waals surface area contributed by atoms with Gasteiger partial charge >= 0.3 is 5.97 Å². The Morgan fingerprint density at radius 2 is 2.14 bits per heavy atom. The number of primary amides is 1. The largest absolute Gasteiger partial charge is 0.480 e. The number of nitrogens with zero attached hydrogens (tertiary/aromatic N) is 5. The molecule has 1 amide bonds. The van der Waals surface area contributed by atoms with E-state index >= 15 is 0 Å². The number of aliphatic imine (C=N–C) groups is 1. The van der Waals surface area contributed by atoms with E-state index in [2.05, 4.69) is 25.4 Å². The third-order valence-corrected chi connectivity index (χ3v) is 4.10. The lowest BCUT2D eigenvalue weighted by atomic mass is 10.2. The van der Waals surface area contributed by atoms with Gasteiger partial charge in [-0.2, -0.15) is 5.10 Å². The van der Waals surface area contributed by atoms with Gasteiger partial charge < -0.3 is 16.2 Å². The van der Waals surface area contributed by atoms with E-state index in [1.54, 1.807) is 12.4 Å². The predicted molar refractivity (Wildman–Crippen MR) is 79.2 cm³/mol. The minimum atomic E-state index is -1.05. The van der Waals surface area contributed by atoms with Crippen molar-refractivity contribution in [1.82, 2.24) is 15.0 Å². The van der Waals surface area contributed by atoms with Gasteiger partial charge in [0, 0.05) is 0 Å². The van der Waals surface area contributed by atoms with Crippen LogP contribution in [0.5, 0.6) is 0 Å². The van der Waals surface area contributed by atoms with Gasteiger partial charge in [0.05, 0.1) is 18.1 Å². The highest BCUT2D eigenvalue weighted by Crippen LogP contribution is 2.35. The Labute approximate surface area is 128 Å². The van der Waals surface area contributed by atoms with Gasteiger partial charge in [0.2, 0.25) is 0 Å². The zero-order chi connectivity index (χ0) is 15.7. The Hall–Kier alpha value is -2.69. The van der Waals surface area contributed by atoms with Gasteiger partial charge in [0.25, 0.3) is 5.91 Å². The van der Waals surface area contributed by atoms with Crippen molar-refractivity contribution in [2.75, 3.05) is 11.9 Å². The molecule has 10 nitrogen and oxygen atoms in total. The number of nitrogens with two attached hydrogens (primary N) is 1. The van der Waals surface area contributed by atoms with Crippen LogP contribution in [0.3, 0.4) is 0 Å². The Morgan fingerprint density at radius 3 is 2.77 bits per heavy atom. The molecule has 0 aliphatic carbocycles. The minimum Gasteiger partial charge on any atom is -0.480 e. The molecule has 22 heavy (non-hydrogen) atoms. The molecule has 0 aromatic carbocycles. The molecule has 114 valence electrons. The van der Waals surface area contributed by atoms with Crippen LogP contribution < -0.4 is 11.1 Å². The molecule has 0 bridgehead atoms. The lowest BCUT2D eigenvalue weighted by molar-refractivity contribution is -0.138. The first-order valence-corrected chi connectivity index (χ1v) is 7.06. The molecule has 3 rings (SSSR count). The number of hydrogen-bond acceptors (Lipinski definition) is 9. The predicted octanol–water partition coefficient (Wildman–Crippen LogP) is -1.07. The van der Waals surface area contributed by atoms with Crippen molar-refractivity contribution in [2.24, 2.45) is 15.8 Å². The summed E-state index contributed by atoms with van der Waals surface area (Å²) in [5.74, 6) is -1.76. The quantitative estimate of drug-likeness (QED) is 0.635. The molecule has 2 atom stereocenters. The molecule has 0 saturated heterocycles. The molecular formula is C11H11N7O3S. The van der Waals surface area contributed by atoms with Gasteiger partial charge in [-0.05, 0) is 0 Å². The molecule has 2 aliphatic rings. The summed E-state index contributed by atoms with van der Waals surface area (Å²) < 4.78 is 0. The number of carbonyl (C=O) groups excluding carboxylic acids is 1. The molecule has 0 fully saturated rings. The highest BCUT2D eigenvalue weighted by Gasteiger charge is 2.45. The highest BCUT2D eigenvalue weighted by atomic mass is 32.2. The van der Waals surface area contributed by atoms with Crippen molar-refractivity contribution in [3.63, 3.8) is 0 Å². The SMILES string of the molecule is NC(=O)C1=NN(CC(=O)O)C2SC(Nc3cncnc3)=NC12. The zero-order valence-corrected chi connectivity index (χ0v) is 11.9. The monoisotopic (exact) mass is 321 g/mol. The first-order chi connectivity index (χ1) is 10.5. The number of carboxylic acid groups (broad SMARTS) is 1. The van der Waals surface area contributed by atoms with Gasteiger partial charge in [-0.1, -0.05) is 11.8 Å². The van der Waals surface area contributed by atoms with Gasteiger partial charge in [0.1, 0.15) is 24.3 Å². The van der Waals surface area contributed by atoms with E-state index in [-0.39, 0.29) is 12.3 Å². The van der Waals surface area contributed by atoms with E-state index in [4.69, 9.17) is 10.8 Å². The first kappa shape index (κ1) is 14.3. The smallest absolute Gasteiger partial charge is 0.324 e. The van der Waals surface area contributed by atoms with Crippen LogP contribution in [0.15, 0.2) is 28.8 Å². The number of anilines is 1. The van der Waals surface area contributed by atoms with Crippen molar-refractivity contribution in [3.05, 3.63) is 18.7 Å². The number of aliphatic carboxylic acids is 1. The maximum Gasteiger partial charge on any atom is 0.324 e. The fourth-order valence-corrected chi connectivity index (χ4v) is 3.22. The Bertz CT molecular complexity index is 678. The molecule has 3 heterocycles. The molecule has 1 aromatic rings. The number of hydrogen-bond donors (Lipinski definition) is 3. The molecular weight excluding hydrogens is 310 g/mol. The summed E-state index contributed by atoms with van der Waals surface area (Å²) in [5, 5.41) is 17.3. The number of thioether (sulfide) groups is 1. The van der Waals surface area contributed by atoms with Crippen molar-refractivity contribution in [2.45, 2.75) is 11.4 Å². The summed E-state index contributed by atoms with van der Waals surface area (Å²) in [6.07, 6.45) is 4.54. The fraction of sp³-hybridized carbons (Fsp3) is 0.273. The number of nitrogens with one attached hydrogen (secondary N) is 1. The van der Waals surface area contributed by atoms with Crippen LogP contribution in [0.25, 0.3) is 0 Å². The van der Waals surface area contributed by atoms with Crippen LogP contribution in [0.1, 0.15) is 0 Å². The van der Waals surface area contributed by atoms with E-state index in [1.165, 1.54) is 23.1 Å². The first-order valence-electron chi connectivity index (χ1n) is 6.18. The van der Waals surface area contributed by atoms with E-state index in [1.807, 2.05) is 0 Å². The summed E-state index contributed by atoms with van der Waals surface area (Å²) in [6, 6.07) is -0.589. The topological polar surface area (TPSA) is 146 Å². The third-order valence-electron chi connectivity index (χ3n) is 2.93. The number of aromatic nitrogens is 2. The molecule has 2 aliphatic heterocycles. The Balaban J connectivity index is 1.80. The summed E-state index contributed by atoms with van der Waals surface area (Å²) >= 11 is 1.27. The van der Waals surface area contributed by atoms with Gasteiger partial charge in [-0.3, -0.25) is 14.6 Å². The van der Waals surface area contributed by atoms with Gasteiger partial charge in [-0.15, -0.1) is 0 Å². The van der Waals surface area contributed by atoms with E-state index in [9.17, 15) is 9.59 Å². The maximum absolute atomic E-state index is 11.4. The van der Waals surface area contributed by atoms with Crippen LogP contribution in [0, 0.1) is 0 Å². The fourth-order valence-electron chi connectivity index (χ4n) is 2.08. The standard InChI is InChI=1S/C11H11N7O3S/c12-9(21)7-8-10(18(17-7)3-6(19)20)22-11(16-8)15-5-1-13-4-14-2-5/h1-2,4,8,10H,3H2,(H2,12,21)(H,15,16)(H,19,20). The lowest BCUT2D eigenvalue weighted by Crippen LogP contribution is -2.36. The number of amides is 1. The van der Waals surface area contributed by atoms with E-state index in [0.29, 0.717) is 10.9 Å². The summed E-state index contributed by atoms with van der Waals surface area (Å²) in [4.78, 5) is 34.4. The molecule has 4 N–H and O–H groups in total. The molecule has 0 saturated carbocycles. The van der Waals surface area contributed by atoms with Crippen LogP contribution in [-0.4, -0.2) is 60.8 Å². The minimum absolute atomic E-state index is 0.0554. The van der Waals surface area contributed by atoms with Gasteiger partial charge in [-0.25, -0.2) is 15.0 Å². The van der Waals surface area contributed by atoms with Crippen LogP contribution in [0.2, 0.25) is 0 Å². The second kappa shape index (κ2) is 5.60. The van der Waals surface area contributed by atoms with Crippen LogP contribution >= 0.6 is 11.8 Å². The maximum atomic E-state index is 11.4. The average Bonchev–Trinajstić information content (AvgIpc) is 2.99. The van der Waals surface area contributed by atoms with Crippen LogP contribution in [-0.2, 0) is 9.59 Å². The molecule has 0 spiro atoms. The number of fused-ring (bicyclic) bond motifs is 1. The molecule has 1 aromatic heterocycles. The van der Waals surface area contributed by atoms with Gasteiger partial charge in [0.15, 0.2) is 10.9 Å². The average molecular weight is 321 g/mol. The van der Waals surface area contributed by atoms with E-state index < -0.39 is 23.3 Å². The van der Waals surface area contributed by atoms with Crippen molar-refractivity contribution >= 4 is 40.2 Å². The number of amidine groups is 1. The van der Waals surface area contributed by atoms with Crippen molar-refractivity contribution in [1.29, 1.82) is 0 Å². The molecule has 2 unspecified atom stereocenters. The third kappa shape index (κ3) is 2.70. The Kier molecular flexibility index (Phi) is 3.63. The number of hydrazone groups is 1. The summed E-state index contributed by atoms with van der Waals surface area (Å²) in [6.45, 7) is -0.331. The highest BCUT2D eigenvalue weighted by molar-refractivity contribution is 8.15. The molecule has 11 heteroatoms. The zero-order valence-electron chi connectivity index (χ0n) is 11.1. The molecule has 0 radical (unpaired) electrons. The van der Waals surface area contributed by atoms with Crippen LogP contribution in [0.4, 0.5) is 5.69 Å². The summed E-state index contributed by atoms with van der Waals surface area (Å²) in [5.41, 5.74) is 5.97. The second-order valence-corrected chi connectivity index (χ2v) is 5.59. The second-order valence-electron chi connectivity index (χ2n) is 4.48. The van der Waals surface area contributed by atoms with E-state index in [0.717, 1.165) is 0 Å². The van der Waals surface area contributed by atoms with Crippen molar-refractivity contribution < 1.29 is 14.7 Å². The number of rotatable bonds is 4. The normalized spacial score (nSPS) is 22.8. The summed E-state index contributed by atoms with van der Waals surface area (Å²) in [7, 11) is 0. The lowest BCUT2D eigenvalue weighted by Gasteiger charge is -2.19. The van der Waals surface area contributed by atoms with Crippen molar-refractivity contribution in [3.8, 4) is 0 Å². The number of carbonyl (C=O) groups is 2. The number of carboxylic acids is 1.